The van der Waals surface area contributed by atoms with E-state index in [0.717, 1.165) is 11.1 Å². The zero-order chi connectivity index (χ0) is 18.7. The third kappa shape index (κ3) is 3.66. The van der Waals surface area contributed by atoms with Crippen LogP contribution in [0.1, 0.15) is 21.5 Å². The molecule has 3 rings (SSSR count). The molecule has 136 valence electrons. The van der Waals surface area contributed by atoms with Crippen molar-refractivity contribution in [2.45, 2.75) is 25.6 Å². The number of alkyl halides is 2. The monoisotopic (exact) mass is 360 g/mol. The number of ether oxygens (including phenoxy) is 1. The molecule has 0 aliphatic carbocycles. The van der Waals surface area contributed by atoms with Crippen LogP contribution in [0.3, 0.4) is 0 Å². The molecular formula is C19H18F2N2O3. The summed E-state index contributed by atoms with van der Waals surface area (Å²) in [5.74, 6) is -0.606. The summed E-state index contributed by atoms with van der Waals surface area (Å²) in [6.45, 7) is -2.62. The van der Waals surface area contributed by atoms with Crippen molar-refractivity contribution in [2.75, 3.05) is 7.05 Å². The minimum absolute atomic E-state index is 0.0246. The molecule has 2 aromatic rings. The second-order valence-corrected chi connectivity index (χ2v) is 5.94. The lowest BCUT2D eigenvalue weighted by Crippen LogP contribution is -2.51. The van der Waals surface area contributed by atoms with Crippen molar-refractivity contribution < 1.29 is 23.1 Å². The van der Waals surface area contributed by atoms with Gasteiger partial charge in [-0.2, -0.15) is 8.78 Å². The molecular weight excluding hydrogens is 342 g/mol. The van der Waals surface area contributed by atoms with Gasteiger partial charge in [0.25, 0.3) is 5.91 Å². The third-order valence-corrected chi connectivity index (χ3v) is 4.38. The zero-order valence-corrected chi connectivity index (χ0v) is 14.1. The Balaban J connectivity index is 1.87. The van der Waals surface area contributed by atoms with Crippen molar-refractivity contribution >= 4 is 11.8 Å². The van der Waals surface area contributed by atoms with Crippen LogP contribution in [0.25, 0.3) is 0 Å². The summed E-state index contributed by atoms with van der Waals surface area (Å²) in [4.78, 5) is 26.7. The number of hydrogen-bond donors (Lipinski definition) is 1. The number of nitrogens with one attached hydrogen (secondary N) is 1. The van der Waals surface area contributed by atoms with Crippen LogP contribution >= 0.6 is 0 Å². The molecule has 1 aliphatic heterocycles. The van der Waals surface area contributed by atoms with Crippen molar-refractivity contribution in [3.63, 3.8) is 0 Å². The van der Waals surface area contributed by atoms with Gasteiger partial charge in [0.2, 0.25) is 5.91 Å². The second kappa shape index (κ2) is 7.51. The van der Waals surface area contributed by atoms with Crippen LogP contribution in [0.15, 0.2) is 48.5 Å². The number of hydrogen-bond acceptors (Lipinski definition) is 3. The summed E-state index contributed by atoms with van der Waals surface area (Å²) < 4.78 is 28.8. The molecule has 26 heavy (non-hydrogen) atoms. The van der Waals surface area contributed by atoms with Gasteiger partial charge in [-0.25, -0.2) is 0 Å². The standard InChI is InChI=1S/C19H18F2N2O3/c1-22-17(24)16-10-13-4-2-3-5-14(13)11-23(16)18(25)12-6-8-15(9-7-12)26-19(20)21/h2-9,16,19H,10-11H2,1H3,(H,22,24)/t16-/m1/s1. The smallest absolute Gasteiger partial charge is 0.387 e. The van der Waals surface area contributed by atoms with E-state index in [4.69, 9.17) is 0 Å². The first-order chi connectivity index (χ1) is 12.5. The van der Waals surface area contributed by atoms with Crippen molar-refractivity contribution in [3.8, 4) is 5.75 Å². The maximum atomic E-state index is 12.9. The summed E-state index contributed by atoms with van der Waals surface area (Å²) >= 11 is 0. The summed E-state index contributed by atoms with van der Waals surface area (Å²) in [7, 11) is 1.53. The number of benzene rings is 2. The number of amides is 2. The molecule has 1 aliphatic rings. The minimum Gasteiger partial charge on any atom is -0.435 e. The first-order valence-corrected chi connectivity index (χ1v) is 8.14. The largest absolute Gasteiger partial charge is 0.435 e. The van der Waals surface area contributed by atoms with E-state index in [9.17, 15) is 18.4 Å². The van der Waals surface area contributed by atoms with Crippen LogP contribution in [0.4, 0.5) is 8.78 Å². The second-order valence-electron chi connectivity index (χ2n) is 5.94. The predicted molar refractivity (Wildman–Crippen MR) is 90.9 cm³/mol. The minimum atomic E-state index is -2.92. The highest BCUT2D eigenvalue weighted by Crippen LogP contribution is 2.26. The van der Waals surface area contributed by atoms with Crippen molar-refractivity contribution in [1.29, 1.82) is 0 Å². The molecule has 1 atom stereocenters. The lowest BCUT2D eigenvalue weighted by atomic mass is 9.93. The van der Waals surface area contributed by atoms with Gasteiger partial charge in [0.15, 0.2) is 0 Å². The topological polar surface area (TPSA) is 58.6 Å². The van der Waals surface area contributed by atoms with Gasteiger partial charge >= 0.3 is 6.61 Å². The Bertz CT molecular complexity index is 809. The first-order valence-electron chi connectivity index (χ1n) is 8.14. The van der Waals surface area contributed by atoms with Gasteiger partial charge in [-0.05, 0) is 35.4 Å². The average molecular weight is 360 g/mol. The Morgan fingerprint density at radius 1 is 1.12 bits per heavy atom. The van der Waals surface area contributed by atoms with Crippen molar-refractivity contribution in [2.24, 2.45) is 0 Å². The molecule has 0 aromatic heterocycles. The summed E-state index contributed by atoms with van der Waals surface area (Å²) in [5.41, 5.74) is 2.32. The van der Waals surface area contributed by atoms with Gasteiger partial charge in [-0.3, -0.25) is 9.59 Å². The molecule has 0 spiro atoms. The first kappa shape index (κ1) is 17.8. The van der Waals surface area contributed by atoms with Gasteiger partial charge in [0, 0.05) is 25.6 Å². The molecule has 0 saturated heterocycles. The lowest BCUT2D eigenvalue weighted by molar-refractivity contribution is -0.125. The third-order valence-electron chi connectivity index (χ3n) is 4.38. The Morgan fingerprint density at radius 2 is 1.77 bits per heavy atom. The normalized spacial score (nSPS) is 16.2. The Labute approximate surface area is 149 Å². The van der Waals surface area contributed by atoms with Crippen LogP contribution in [0, 0.1) is 0 Å². The molecule has 5 nitrogen and oxygen atoms in total. The van der Waals surface area contributed by atoms with Crippen molar-refractivity contribution in [1.82, 2.24) is 10.2 Å². The van der Waals surface area contributed by atoms with E-state index in [-0.39, 0.29) is 17.6 Å². The maximum absolute atomic E-state index is 12.9. The molecule has 2 amide bonds. The van der Waals surface area contributed by atoms with Gasteiger partial charge in [-0.1, -0.05) is 24.3 Å². The number of rotatable bonds is 4. The van der Waals surface area contributed by atoms with Gasteiger partial charge in [-0.15, -0.1) is 0 Å². The van der Waals surface area contributed by atoms with E-state index in [1.54, 1.807) is 0 Å². The van der Waals surface area contributed by atoms with E-state index in [2.05, 4.69) is 10.1 Å². The molecule has 7 heteroatoms. The van der Waals surface area contributed by atoms with E-state index < -0.39 is 12.7 Å². The fourth-order valence-corrected chi connectivity index (χ4v) is 3.08. The fourth-order valence-electron chi connectivity index (χ4n) is 3.08. The van der Waals surface area contributed by atoms with E-state index in [1.165, 1.54) is 36.2 Å². The van der Waals surface area contributed by atoms with Crippen LogP contribution in [0.5, 0.6) is 5.75 Å². The Morgan fingerprint density at radius 3 is 2.38 bits per heavy atom. The number of carbonyl (C=O) groups excluding carboxylic acids is 2. The van der Waals surface area contributed by atoms with Crippen molar-refractivity contribution in [3.05, 3.63) is 65.2 Å². The van der Waals surface area contributed by atoms with Crippen LogP contribution in [-0.2, 0) is 17.8 Å². The molecule has 0 radical (unpaired) electrons. The lowest BCUT2D eigenvalue weighted by Gasteiger charge is -2.35. The van der Waals surface area contributed by atoms with E-state index in [0.29, 0.717) is 18.5 Å². The fraction of sp³-hybridized carbons (Fsp3) is 0.263. The molecule has 1 heterocycles. The Kier molecular flexibility index (Phi) is 5.16. The summed E-state index contributed by atoms with van der Waals surface area (Å²) in [6.07, 6.45) is 0.425. The number of fused-ring (bicyclic) bond motifs is 1. The van der Waals surface area contributed by atoms with E-state index >= 15 is 0 Å². The summed E-state index contributed by atoms with van der Waals surface area (Å²) in [5, 5.41) is 2.60. The summed E-state index contributed by atoms with van der Waals surface area (Å²) in [6, 6.07) is 12.5. The molecule has 1 N–H and O–H groups in total. The SMILES string of the molecule is CNC(=O)[C@H]1Cc2ccccc2CN1C(=O)c1ccc(OC(F)F)cc1. The maximum Gasteiger partial charge on any atom is 0.387 e. The number of nitrogens with zero attached hydrogens (tertiary/aromatic N) is 1. The molecule has 0 unspecified atom stereocenters. The highest BCUT2D eigenvalue weighted by molar-refractivity contribution is 5.98. The molecule has 0 saturated carbocycles. The van der Waals surface area contributed by atoms with Crippen LogP contribution in [0.2, 0.25) is 0 Å². The molecule has 0 fully saturated rings. The van der Waals surface area contributed by atoms with E-state index in [1.807, 2.05) is 24.3 Å². The van der Waals surface area contributed by atoms with Crippen LogP contribution in [-0.4, -0.2) is 36.4 Å². The zero-order valence-electron chi connectivity index (χ0n) is 14.1. The number of halogens is 2. The number of likely N-dealkylation sites (N-methyl/N-ethyl adjacent to an activating group) is 1. The quantitative estimate of drug-likeness (QED) is 0.912. The number of carbonyl (C=O) groups is 2. The average Bonchev–Trinajstić information content (AvgIpc) is 2.66. The van der Waals surface area contributed by atoms with Crippen LogP contribution < -0.4 is 10.1 Å². The highest BCUT2D eigenvalue weighted by atomic mass is 19.3. The Hall–Kier alpha value is -2.96. The van der Waals surface area contributed by atoms with Gasteiger partial charge in [0.1, 0.15) is 11.8 Å². The highest BCUT2D eigenvalue weighted by Gasteiger charge is 2.34. The predicted octanol–water partition coefficient (Wildman–Crippen LogP) is 2.60. The molecule has 0 bridgehead atoms. The van der Waals surface area contributed by atoms with Gasteiger partial charge < -0.3 is 15.0 Å². The van der Waals surface area contributed by atoms with Gasteiger partial charge in [0.05, 0.1) is 0 Å². The molecule has 2 aromatic carbocycles.